The van der Waals surface area contributed by atoms with Gasteiger partial charge in [0.05, 0.1) is 5.54 Å². The summed E-state index contributed by atoms with van der Waals surface area (Å²) in [6, 6.07) is 11.1. The van der Waals surface area contributed by atoms with E-state index in [0.717, 1.165) is 0 Å². The Morgan fingerprint density at radius 2 is 1.31 bits per heavy atom. The minimum atomic E-state index is -6.09. The van der Waals surface area contributed by atoms with Crippen LogP contribution in [-0.4, -0.2) is 91.4 Å². The average molecular weight is 714 g/mol. The third-order valence-electron chi connectivity index (χ3n) is 7.10. The van der Waals surface area contributed by atoms with E-state index in [1.807, 2.05) is 0 Å². The minimum Gasteiger partial charge on any atom is -0.416 e. The fourth-order valence-electron chi connectivity index (χ4n) is 4.81. The first-order chi connectivity index (χ1) is 22.6. The summed E-state index contributed by atoms with van der Waals surface area (Å²) in [5.74, 6) is -18.9. The predicted molar refractivity (Wildman–Crippen MR) is 142 cm³/mol. The zero-order chi connectivity index (χ0) is 36.5. The highest BCUT2D eigenvalue weighted by Gasteiger charge is 2.68. The van der Waals surface area contributed by atoms with Gasteiger partial charge in [-0.1, -0.05) is 18.2 Å². The summed E-state index contributed by atoms with van der Waals surface area (Å²) in [7, 11) is 0. The van der Waals surface area contributed by atoms with Crippen molar-refractivity contribution >= 4 is 23.6 Å². The van der Waals surface area contributed by atoms with Gasteiger partial charge in [-0.05, 0) is 37.1 Å². The Morgan fingerprint density at radius 1 is 0.816 bits per heavy atom. The van der Waals surface area contributed by atoms with Crippen LogP contribution in [-0.2, 0) is 34.1 Å². The second-order valence-corrected chi connectivity index (χ2v) is 10.5. The molecule has 0 radical (unpaired) electrons. The molecule has 0 bridgehead atoms. The van der Waals surface area contributed by atoms with Gasteiger partial charge in [0.1, 0.15) is 0 Å². The number of pyridine rings is 1. The number of piperidine rings is 1. The molecule has 2 aromatic heterocycles. The van der Waals surface area contributed by atoms with Crippen molar-refractivity contribution in [3.05, 3.63) is 60.7 Å². The number of likely N-dealkylation sites (tertiary alicyclic amines) is 1. The molecule has 1 aliphatic heterocycles. The second-order valence-electron chi connectivity index (χ2n) is 10.5. The summed E-state index contributed by atoms with van der Waals surface area (Å²) in [5, 5.41) is 20.9. The number of carbonyl (C=O) groups excluding carboxylic acids is 3. The van der Waals surface area contributed by atoms with E-state index in [2.05, 4.69) is 39.7 Å². The lowest BCUT2D eigenvalue weighted by Gasteiger charge is -2.51. The number of ether oxygens (including phenoxy) is 3. The lowest BCUT2D eigenvalue weighted by atomic mass is 9.85. The number of alkyl halides is 9. The number of hydrogen-bond acceptors (Lipinski definition) is 12. The van der Waals surface area contributed by atoms with Crippen LogP contribution in [0.25, 0.3) is 11.4 Å². The number of aromatic nitrogens is 4. The molecule has 4 rings (SSSR count). The van der Waals surface area contributed by atoms with E-state index in [1.54, 1.807) is 42.5 Å². The van der Waals surface area contributed by atoms with Gasteiger partial charge in [0.2, 0.25) is 0 Å². The Balaban J connectivity index is 1.82. The molecule has 266 valence electrons. The lowest BCUT2D eigenvalue weighted by Crippen LogP contribution is -2.72. The first kappa shape index (κ1) is 36.8. The number of aliphatic hydroxyl groups is 1. The molecule has 3 N–H and O–H groups in total. The fraction of sp³-hybridized carbons (Fsp3) is 0.407. The van der Waals surface area contributed by atoms with Gasteiger partial charge in [-0.2, -0.15) is 44.6 Å². The van der Waals surface area contributed by atoms with Crippen molar-refractivity contribution in [1.29, 1.82) is 0 Å². The first-order valence-corrected chi connectivity index (χ1v) is 13.6. The molecular formula is C27H23F9N6O7. The standard InChI is InChI=1S/C27H23F9N6O7/c1-22(46,47-19(43)24(28,29)30)27(48-20(44)25(31,32)33,49-21(45)26(34,35)36)42-13-9-23(10-14-42,39-16-5-3-2-4-6-16)18-38-17(40-41-18)15-7-11-37-12-8-15/h2-8,11-12,39,46H,9-10,13-14H2,1H3,(H,38,40,41). The van der Waals surface area contributed by atoms with Crippen LogP contribution in [0.15, 0.2) is 54.9 Å². The Hall–Kier alpha value is -4.99. The molecule has 1 aromatic carbocycles. The molecule has 3 heterocycles. The number of benzene rings is 1. The van der Waals surface area contributed by atoms with Crippen LogP contribution in [0.2, 0.25) is 0 Å². The zero-order valence-electron chi connectivity index (χ0n) is 24.6. The van der Waals surface area contributed by atoms with Crippen LogP contribution in [0.3, 0.4) is 0 Å². The molecule has 1 fully saturated rings. The van der Waals surface area contributed by atoms with E-state index < -0.39 is 79.6 Å². The van der Waals surface area contributed by atoms with E-state index in [4.69, 9.17) is 0 Å². The minimum absolute atomic E-state index is 0.0447. The first-order valence-electron chi connectivity index (χ1n) is 13.6. The molecule has 0 aliphatic carbocycles. The number of esters is 3. The molecule has 3 aromatic rings. The van der Waals surface area contributed by atoms with Gasteiger partial charge in [-0.3, -0.25) is 10.1 Å². The predicted octanol–water partition coefficient (Wildman–Crippen LogP) is 3.95. The topological polar surface area (TPSA) is 169 Å². The number of para-hydroxylation sites is 1. The van der Waals surface area contributed by atoms with Crippen LogP contribution < -0.4 is 5.32 Å². The van der Waals surface area contributed by atoms with Gasteiger partial charge in [0.25, 0.3) is 0 Å². The summed E-state index contributed by atoms with van der Waals surface area (Å²) < 4.78 is 132. The number of hydrogen-bond donors (Lipinski definition) is 3. The van der Waals surface area contributed by atoms with Crippen LogP contribution >= 0.6 is 0 Å². The van der Waals surface area contributed by atoms with Crippen molar-refractivity contribution in [2.45, 2.75) is 55.5 Å². The number of aromatic amines is 1. The number of H-pyrrole nitrogens is 1. The molecule has 0 amide bonds. The highest BCUT2D eigenvalue weighted by atomic mass is 19.4. The number of nitrogens with zero attached hydrogens (tertiary/aromatic N) is 4. The third kappa shape index (κ3) is 8.01. The SMILES string of the molecule is CC(O)(OC(=O)C(F)(F)F)C(OC(=O)C(F)(F)F)(OC(=O)C(F)(F)F)N1CCC(Nc2ccccc2)(c2nc(-c3ccncc3)n[nH]2)CC1. The zero-order valence-corrected chi connectivity index (χ0v) is 24.6. The summed E-state index contributed by atoms with van der Waals surface area (Å²) in [6.45, 7) is -1.92. The van der Waals surface area contributed by atoms with E-state index in [-0.39, 0.29) is 23.5 Å². The Labute approximate surface area is 268 Å². The van der Waals surface area contributed by atoms with Gasteiger partial charge >= 0.3 is 48.1 Å². The van der Waals surface area contributed by atoms with Gasteiger partial charge in [0, 0.05) is 43.7 Å². The fourth-order valence-corrected chi connectivity index (χ4v) is 4.81. The molecule has 1 unspecified atom stereocenters. The number of carbonyl (C=O) groups is 3. The van der Waals surface area contributed by atoms with E-state index in [0.29, 0.717) is 11.3 Å². The number of halogens is 9. The van der Waals surface area contributed by atoms with Crippen LogP contribution in [0.5, 0.6) is 0 Å². The summed E-state index contributed by atoms with van der Waals surface area (Å²) in [5.41, 5.74) is -0.579. The largest absolute Gasteiger partial charge is 0.491 e. The van der Waals surface area contributed by atoms with Crippen molar-refractivity contribution in [3.63, 3.8) is 0 Å². The summed E-state index contributed by atoms with van der Waals surface area (Å²) >= 11 is 0. The van der Waals surface area contributed by atoms with Crippen LogP contribution in [0, 0.1) is 0 Å². The highest BCUT2D eigenvalue weighted by molar-refractivity contribution is 5.79. The normalized spacial score (nSPS) is 17.0. The number of rotatable bonds is 9. The van der Waals surface area contributed by atoms with Crippen molar-refractivity contribution < 1.29 is 73.2 Å². The van der Waals surface area contributed by atoms with Crippen molar-refractivity contribution in [1.82, 2.24) is 25.1 Å². The third-order valence-corrected chi connectivity index (χ3v) is 7.10. The lowest BCUT2D eigenvalue weighted by molar-refractivity contribution is -0.420. The van der Waals surface area contributed by atoms with Gasteiger partial charge in [0.15, 0.2) is 11.6 Å². The van der Waals surface area contributed by atoms with Gasteiger partial charge in [-0.25, -0.2) is 24.3 Å². The highest BCUT2D eigenvalue weighted by Crippen LogP contribution is 2.44. The van der Waals surface area contributed by atoms with E-state index >= 15 is 0 Å². The Kier molecular flexibility index (Phi) is 9.88. The molecule has 0 saturated carbocycles. The molecule has 13 nitrogen and oxygen atoms in total. The molecular weight excluding hydrogens is 691 g/mol. The van der Waals surface area contributed by atoms with Gasteiger partial charge in [-0.15, -0.1) is 0 Å². The van der Waals surface area contributed by atoms with Crippen molar-refractivity contribution in [3.8, 4) is 11.4 Å². The summed E-state index contributed by atoms with van der Waals surface area (Å²) in [6.07, 6.45) is -16.3. The molecule has 1 saturated heterocycles. The van der Waals surface area contributed by atoms with E-state index in [1.165, 1.54) is 12.4 Å². The Morgan fingerprint density at radius 3 is 1.80 bits per heavy atom. The maximum absolute atomic E-state index is 13.4. The quantitative estimate of drug-likeness (QED) is 0.166. The Bertz CT molecular complexity index is 1610. The maximum atomic E-state index is 13.4. The summed E-state index contributed by atoms with van der Waals surface area (Å²) in [4.78, 5) is 44.3. The monoisotopic (exact) mass is 714 g/mol. The number of nitrogens with one attached hydrogen (secondary N) is 2. The average Bonchev–Trinajstić information content (AvgIpc) is 3.52. The van der Waals surface area contributed by atoms with Crippen LogP contribution in [0.1, 0.15) is 25.6 Å². The molecule has 1 aliphatic rings. The molecule has 22 heteroatoms. The maximum Gasteiger partial charge on any atom is 0.491 e. The van der Waals surface area contributed by atoms with Crippen molar-refractivity contribution in [2.75, 3.05) is 18.4 Å². The molecule has 0 spiro atoms. The second kappa shape index (κ2) is 13.1. The van der Waals surface area contributed by atoms with Crippen LogP contribution in [0.4, 0.5) is 45.2 Å². The number of anilines is 1. The molecule has 49 heavy (non-hydrogen) atoms. The molecule has 1 atom stereocenters. The van der Waals surface area contributed by atoms with Crippen molar-refractivity contribution in [2.24, 2.45) is 0 Å². The smallest absolute Gasteiger partial charge is 0.416 e. The van der Waals surface area contributed by atoms with E-state index in [9.17, 15) is 59.0 Å². The van der Waals surface area contributed by atoms with Gasteiger partial charge < -0.3 is 24.6 Å².